The van der Waals surface area contributed by atoms with Gasteiger partial charge >= 0.3 is 6.03 Å². The van der Waals surface area contributed by atoms with Gasteiger partial charge in [-0.05, 0) is 65.9 Å². The number of allylic oxidation sites excluding steroid dienone is 1. The molecule has 0 atom stereocenters. The maximum absolute atomic E-state index is 14.0. The molecule has 0 aliphatic heterocycles. The number of amides is 3. The average Bonchev–Trinajstić information content (AvgIpc) is 3.64. The molecule has 3 aromatic rings. The molecule has 0 spiro atoms. The van der Waals surface area contributed by atoms with E-state index in [1.807, 2.05) is 12.1 Å². The van der Waals surface area contributed by atoms with Gasteiger partial charge in [0.15, 0.2) is 0 Å². The fourth-order valence-corrected chi connectivity index (χ4v) is 3.48. The second-order valence-electron chi connectivity index (χ2n) is 7.62. The number of nitrogens with one attached hydrogen (secondary N) is 1. The lowest BCUT2D eigenvalue weighted by Crippen LogP contribution is -2.41. The zero-order valence-corrected chi connectivity index (χ0v) is 18.6. The van der Waals surface area contributed by atoms with Gasteiger partial charge in [-0.25, -0.2) is 18.5 Å². The summed E-state index contributed by atoms with van der Waals surface area (Å²) in [5.41, 5.74) is 11.4. The second-order valence-corrected chi connectivity index (χ2v) is 8.05. The molecule has 3 amide bonds. The average molecular weight is 484 g/mol. The van der Waals surface area contributed by atoms with Gasteiger partial charge in [-0.3, -0.25) is 15.1 Å². The number of urea groups is 1. The molecular formula is C25H20ClF2N3O3. The van der Waals surface area contributed by atoms with Crippen molar-refractivity contribution in [2.24, 2.45) is 5.73 Å². The molecule has 34 heavy (non-hydrogen) atoms. The van der Waals surface area contributed by atoms with Crippen molar-refractivity contribution < 1.29 is 23.2 Å². The molecular weight excluding hydrogens is 464 g/mol. The van der Waals surface area contributed by atoms with Gasteiger partial charge < -0.3 is 5.73 Å². The number of hydrogen-bond acceptors (Lipinski definition) is 4. The number of nitrogens with two attached hydrogens (primary N) is 1. The Balaban J connectivity index is 1.44. The molecule has 3 aromatic carbocycles. The first-order valence-electron chi connectivity index (χ1n) is 10.4. The van der Waals surface area contributed by atoms with E-state index in [4.69, 9.17) is 22.2 Å². The maximum atomic E-state index is 14.0. The van der Waals surface area contributed by atoms with Crippen LogP contribution in [-0.4, -0.2) is 11.9 Å². The Kier molecular flexibility index (Phi) is 6.90. The van der Waals surface area contributed by atoms with Gasteiger partial charge in [0.05, 0.1) is 18.0 Å². The first-order chi connectivity index (χ1) is 16.3. The normalized spacial score (nSPS) is 12.3. The maximum Gasteiger partial charge on any atom is 0.326 e. The number of hydroxylamine groups is 1. The minimum Gasteiger partial charge on any atom is -0.351 e. The van der Waals surface area contributed by atoms with E-state index < -0.39 is 29.1 Å². The summed E-state index contributed by atoms with van der Waals surface area (Å²) in [4.78, 5) is 30.8. The largest absolute Gasteiger partial charge is 0.351 e. The van der Waals surface area contributed by atoms with Crippen LogP contribution in [0.1, 0.15) is 34.3 Å². The number of rotatable bonds is 7. The van der Waals surface area contributed by atoms with Gasteiger partial charge in [-0.2, -0.15) is 0 Å². The summed E-state index contributed by atoms with van der Waals surface area (Å²) < 4.78 is 28.1. The molecule has 1 fully saturated rings. The summed E-state index contributed by atoms with van der Waals surface area (Å²) in [6, 6.07) is 15.4. The van der Waals surface area contributed by atoms with Crippen LogP contribution in [0.4, 0.5) is 19.3 Å². The first-order valence-corrected chi connectivity index (χ1v) is 10.8. The molecule has 0 unspecified atom stereocenters. The summed E-state index contributed by atoms with van der Waals surface area (Å²) in [6.07, 6.45) is 1.98. The van der Waals surface area contributed by atoms with Crippen molar-refractivity contribution in [2.45, 2.75) is 19.4 Å². The number of hydrogen-bond donors (Lipinski definition) is 2. The molecule has 4 rings (SSSR count). The van der Waals surface area contributed by atoms with Crippen molar-refractivity contribution in [3.63, 3.8) is 0 Å². The molecule has 0 saturated heterocycles. The molecule has 0 radical (unpaired) electrons. The Morgan fingerprint density at radius 2 is 1.59 bits per heavy atom. The van der Waals surface area contributed by atoms with Crippen molar-refractivity contribution in [2.75, 3.05) is 4.90 Å². The van der Waals surface area contributed by atoms with Gasteiger partial charge in [-0.1, -0.05) is 41.9 Å². The van der Waals surface area contributed by atoms with Gasteiger partial charge in [0.25, 0.3) is 5.91 Å². The Bertz CT molecular complexity index is 1240. The van der Waals surface area contributed by atoms with Crippen molar-refractivity contribution >= 4 is 34.9 Å². The minimum absolute atomic E-state index is 0.0683. The first kappa shape index (κ1) is 23.4. The Labute approximate surface area is 199 Å². The summed E-state index contributed by atoms with van der Waals surface area (Å²) in [6.45, 7) is 0.178. The SMILES string of the molecule is NC(=O)N(C(=O)c1c(F)cccc1F)c1ccc(CONC(=C2CC2)c2ccc(Cl)cc2)cc1. The van der Waals surface area contributed by atoms with Crippen LogP contribution in [0.3, 0.4) is 0 Å². The third-order valence-electron chi connectivity index (χ3n) is 5.19. The van der Waals surface area contributed by atoms with Crippen LogP contribution in [0.2, 0.25) is 5.02 Å². The van der Waals surface area contributed by atoms with E-state index in [0.717, 1.165) is 47.9 Å². The van der Waals surface area contributed by atoms with Gasteiger partial charge in [0.2, 0.25) is 0 Å². The summed E-state index contributed by atoms with van der Waals surface area (Å²) in [5, 5.41) is 0.645. The predicted molar refractivity (Wildman–Crippen MR) is 125 cm³/mol. The fourth-order valence-electron chi connectivity index (χ4n) is 3.36. The quantitative estimate of drug-likeness (QED) is 0.430. The molecule has 1 saturated carbocycles. The lowest BCUT2D eigenvalue weighted by atomic mass is 10.1. The molecule has 0 bridgehead atoms. The molecule has 0 heterocycles. The topological polar surface area (TPSA) is 84.7 Å². The second kappa shape index (κ2) is 10.0. The van der Waals surface area contributed by atoms with Crippen LogP contribution in [0.15, 0.2) is 72.3 Å². The van der Waals surface area contributed by atoms with Gasteiger partial charge in [0, 0.05) is 5.02 Å². The van der Waals surface area contributed by atoms with Gasteiger partial charge in [-0.15, -0.1) is 0 Å². The Morgan fingerprint density at radius 3 is 2.15 bits per heavy atom. The standard InChI is InChI=1S/C25H20ClF2N3O3/c26-18-10-8-17(9-11-18)23(16-6-7-16)30-34-14-15-4-12-19(13-5-15)31(25(29)33)24(32)22-20(27)2-1-3-21(22)28/h1-5,8-13,30H,6-7,14H2,(H2,29,33). The highest BCUT2D eigenvalue weighted by Gasteiger charge is 2.28. The lowest BCUT2D eigenvalue weighted by molar-refractivity contribution is 0.0644. The molecule has 0 aromatic heterocycles. The summed E-state index contributed by atoms with van der Waals surface area (Å²) in [5.74, 6) is -3.38. The number of anilines is 1. The zero-order valence-electron chi connectivity index (χ0n) is 17.9. The van der Waals surface area contributed by atoms with Crippen molar-refractivity contribution in [3.8, 4) is 0 Å². The van der Waals surface area contributed by atoms with Crippen LogP contribution in [0.5, 0.6) is 0 Å². The highest BCUT2D eigenvalue weighted by molar-refractivity contribution is 6.30. The van der Waals surface area contributed by atoms with Crippen LogP contribution < -0.4 is 16.1 Å². The van der Waals surface area contributed by atoms with E-state index in [1.165, 1.54) is 17.7 Å². The number of carbonyl (C=O) groups excluding carboxylic acids is 2. The van der Waals surface area contributed by atoms with E-state index >= 15 is 0 Å². The Morgan fingerprint density at radius 1 is 0.971 bits per heavy atom. The van der Waals surface area contributed by atoms with E-state index in [-0.39, 0.29) is 12.3 Å². The van der Waals surface area contributed by atoms with E-state index in [2.05, 4.69) is 5.48 Å². The number of imide groups is 1. The van der Waals surface area contributed by atoms with Gasteiger partial charge in [0.1, 0.15) is 17.2 Å². The van der Waals surface area contributed by atoms with Crippen molar-refractivity contribution in [3.05, 3.63) is 106 Å². The summed E-state index contributed by atoms with van der Waals surface area (Å²) in [7, 11) is 0. The van der Waals surface area contributed by atoms with E-state index in [9.17, 15) is 18.4 Å². The Hall–Kier alpha value is -3.75. The fraction of sp³-hybridized carbons (Fsp3) is 0.120. The molecule has 174 valence electrons. The highest BCUT2D eigenvalue weighted by Crippen LogP contribution is 2.35. The van der Waals surface area contributed by atoms with Crippen LogP contribution in [0, 0.1) is 11.6 Å². The molecule has 1 aliphatic rings. The number of benzene rings is 3. The third-order valence-corrected chi connectivity index (χ3v) is 5.45. The van der Waals surface area contributed by atoms with Crippen LogP contribution in [0.25, 0.3) is 5.70 Å². The van der Waals surface area contributed by atoms with Crippen LogP contribution in [-0.2, 0) is 11.4 Å². The van der Waals surface area contributed by atoms with E-state index in [1.54, 1.807) is 24.3 Å². The number of halogens is 3. The molecule has 6 nitrogen and oxygen atoms in total. The molecule has 3 N–H and O–H groups in total. The monoisotopic (exact) mass is 483 g/mol. The van der Waals surface area contributed by atoms with Crippen LogP contribution >= 0.6 is 11.6 Å². The smallest absolute Gasteiger partial charge is 0.326 e. The number of carbonyl (C=O) groups is 2. The van der Waals surface area contributed by atoms with Crippen molar-refractivity contribution in [1.29, 1.82) is 0 Å². The van der Waals surface area contributed by atoms with E-state index in [0.29, 0.717) is 9.92 Å². The zero-order chi connectivity index (χ0) is 24.2. The number of primary amides is 1. The molecule has 9 heteroatoms. The summed E-state index contributed by atoms with van der Waals surface area (Å²) >= 11 is 5.96. The van der Waals surface area contributed by atoms with Crippen molar-refractivity contribution in [1.82, 2.24) is 5.48 Å². The molecule has 1 aliphatic carbocycles. The third kappa shape index (κ3) is 5.24. The lowest BCUT2D eigenvalue weighted by Gasteiger charge is -2.19. The predicted octanol–water partition coefficient (Wildman–Crippen LogP) is 5.57. The highest BCUT2D eigenvalue weighted by atomic mass is 35.5. The number of nitrogens with zero attached hydrogens (tertiary/aromatic N) is 1. The minimum atomic E-state index is -1.20.